The van der Waals surface area contributed by atoms with Gasteiger partial charge in [0.2, 0.25) is 0 Å². The number of hydrogen-bond donors (Lipinski definition) is 0. The minimum atomic E-state index is 0.768. The number of ether oxygens (including phenoxy) is 1. The van der Waals surface area contributed by atoms with Gasteiger partial charge in [0.1, 0.15) is 0 Å². The van der Waals surface area contributed by atoms with E-state index < -0.39 is 0 Å². The van der Waals surface area contributed by atoms with Crippen molar-refractivity contribution in [2.75, 3.05) is 6.61 Å². The van der Waals surface area contributed by atoms with Crippen molar-refractivity contribution in [2.24, 2.45) is 11.8 Å². The first kappa shape index (κ1) is 11.7. The molecule has 1 aromatic carbocycles. The zero-order valence-corrected chi connectivity index (χ0v) is 10.2. The highest BCUT2D eigenvalue weighted by atomic mass is 16.5. The molecule has 1 aliphatic rings. The maximum Gasteiger partial charge on any atom is 0.0716 e. The minimum absolute atomic E-state index is 0.768. The summed E-state index contributed by atoms with van der Waals surface area (Å²) in [7, 11) is 0. The molecule has 1 nitrogen and oxygen atoms in total. The van der Waals surface area contributed by atoms with Crippen LogP contribution in [0.1, 0.15) is 38.2 Å². The Morgan fingerprint density at radius 1 is 1.12 bits per heavy atom. The van der Waals surface area contributed by atoms with Crippen molar-refractivity contribution in [3.05, 3.63) is 35.9 Å². The van der Waals surface area contributed by atoms with E-state index in [4.69, 9.17) is 4.74 Å². The molecule has 0 bridgehead atoms. The Hall–Kier alpha value is -0.820. The fraction of sp³-hybridized carbons (Fsp3) is 0.600. The van der Waals surface area contributed by atoms with Crippen LogP contribution in [0.4, 0.5) is 0 Å². The molecule has 0 radical (unpaired) electrons. The average molecular weight is 218 g/mol. The summed E-state index contributed by atoms with van der Waals surface area (Å²) in [5.74, 6) is 1.93. The van der Waals surface area contributed by atoms with E-state index in [1.165, 1.54) is 31.2 Å². The molecule has 16 heavy (non-hydrogen) atoms. The second kappa shape index (κ2) is 6.05. The molecule has 1 fully saturated rings. The maximum atomic E-state index is 5.72. The average Bonchev–Trinajstić information content (AvgIpc) is 2.29. The lowest BCUT2D eigenvalue weighted by atomic mass is 9.71. The fourth-order valence-corrected chi connectivity index (χ4v) is 2.55. The second-order valence-electron chi connectivity index (χ2n) is 4.83. The van der Waals surface area contributed by atoms with E-state index in [0.717, 1.165) is 25.0 Å². The molecular formula is C15H22O. The Labute approximate surface area is 98.8 Å². The van der Waals surface area contributed by atoms with E-state index in [2.05, 4.69) is 31.2 Å². The van der Waals surface area contributed by atoms with Gasteiger partial charge in [0, 0.05) is 6.61 Å². The van der Waals surface area contributed by atoms with Crippen molar-refractivity contribution in [3.63, 3.8) is 0 Å². The van der Waals surface area contributed by atoms with Gasteiger partial charge in [-0.3, -0.25) is 0 Å². The summed E-state index contributed by atoms with van der Waals surface area (Å²) in [6.45, 7) is 4.00. The summed E-state index contributed by atoms with van der Waals surface area (Å²) in [5, 5.41) is 0. The van der Waals surface area contributed by atoms with Gasteiger partial charge < -0.3 is 4.74 Å². The highest BCUT2D eigenvalue weighted by molar-refractivity contribution is 5.13. The Bertz CT molecular complexity index is 292. The van der Waals surface area contributed by atoms with Crippen LogP contribution in [0.2, 0.25) is 0 Å². The van der Waals surface area contributed by atoms with Crippen molar-refractivity contribution in [1.29, 1.82) is 0 Å². The monoisotopic (exact) mass is 218 g/mol. The van der Waals surface area contributed by atoms with Crippen molar-refractivity contribution in [2.45, 2.75) is 39.2 Å². The molecule has 0 heterocycles. The normalized spacial score (nSPS) is 24.1. The molecule has 1 heteroatoms. The van der Waals surface area contributed by atoms with E-state index in [1.807, 2.05) is 6.07 Å². The van der Waals surface area contributed by atoms with Crippen LogP contribution in [0, 0.1) is 11.8 Å². The standard InChI is InChI=1S/C15H22O/c1-2-14-8-9-15(14)10-11-16-12-13-6-4-3-5-7-13/h3-7,14-15H,2,8-12H2,1H3. The van der Waals surface area contributed by atoms with Gasteiger partial charge in [0.25, 0.3) is 0 Å². The molecule has 88 valence electrons. The SMILES string of the molecule is CCC1CCC1CCOCc1ccccc1. The number of hydrogen-bond acceptors (Lipinski definition) is 1. The molecule has 1 aromatic rings. The van der Waals surface area contributed by atoms with Gasteiger partial charge in [-0.2, -0.15) is 0 Å². The molecule has 2 unspecified atom stereocenters. The lowest BCUT2D eigenvalue weighted by Crippen LogP contribution is -2.26. The minimum Gasteiger partial charge on any atom is -0.377 e. The molecule has 0 amide bonds. The van der Waals surface area contributed by atoms with Gasteiger partial charge in [-0.25, -0.2) is 0 Å². The predicted molar refractivity (Wildman–Crippen MR) is 67.2 cm³/mol. The Kier molecular flexibility index (Phi) is 4.41. The first-order valence-corrected chi connectivity index (χ1v) is 6.52. The van der Waals surface area contributed by atoms with Gasteiger partial charge in [-0.05, 0) is 36.7 Å². The number of benzene rings is 1. The molecule has 2 atom stereocenters. The molecular weight excluding hydrogens is 196 g/mol. The van der Waals surface area contributed by atoms with E-state index in [9.17, 15) is 0 Å². The van der Waals surface area contributed by atoms with Crippen molar-refractivity contribution < 1.29 is 4.74 Å². The molecule has 0 spiro atoms. The summed E-state index contributed by atoms with van der Waals surface area (Å²) >= 11 is 0. The van der Waals surface area contributed by atoms with Gasteiger partial charge >= 0.3 is 0 Å². The van der Waals surface area contributed by atoms with Crippen molar-refractivity contribution in [1.82, 2.24) is 0 Å². The maximum absolute atomic E-state index is 5.72. The lowest BCUT2D eigenvalue weighted by molar-refractivity contribution is 0.0693. The highest BCUT2D eigenvalue weighted by Gasteiger charge is 2.28. The zero-order chi connectivity index (χ0) is 11.2. The van der Waals surface area contributed by atoms with Crippen molar-refractivity contribution in [3.8, 4) is 0 Å². The fourth-order valence-electron chi connectivity index (χ4n) is 2.55. The molecule has 0 aliphatic heterocycles. The molecule has 1 aliphatic carbocycles. The highest BCUT2D eigenvalue weighted by Crippen LogP contribution is 2.38. The van der Waals surface area contributed by atoms with Crippen LogP contribution in [-0.4, -0.2) is 6.61 Å². The van der Waals surface area contributed by atoms with Gasteiger partial charge in [-0.15, -0.1) is 0 Å². The number of rotatable bonds is 6. The zero-order valence-electron chi connectivity index (χ0n) is 10.2. The predicted octanol–water partition coefficient (Wildman–Crippen LogP) is 4.03. The van der Waals surface area contributed by atoms with Crippen LogP contribution in [0.3, 0.4) is 0 Å². The molecule has 0 N–H and O–H groups in total. The molecule has 0 saturated heterocycles. The van der Waals surface area contributed by atoms with Gasteiger partial charge in [0.15, 0.2) is 0 Å². The smallest absolute Gasteiger partial charge is 0.0716 e. The van der Waals surface area contributed by atoms with Crippen LogP contribution in [0.25, 0.3) is 0 Å². The Morgan fingerprint density at radius 2 is 1.88 bits per heavy atom. The Morgan fingerprint density at radius 3 is 2.50 bits per heavy atom. The van der Waals surface area contributed by atoms with E-state index >= 15 is 0 Å². The van der Waals surface area contributed by atoms with Crippen LogP contribution in [0.5, 0.6) is 0 Å². The summed E-state index contributed by atoms with van der Waals surface area (Å²) in [6.07, 6.45) is 5.47. The van der Waals surface area contributed by atoms with E-state index in [0.29, 0.717) is 0 Å². The van der Waals surface area contributed by atoms with Crippen LogP contribution < -0.4 is 0 Å². The summed E-state index contributed by atoms with van der Waals surface area (Å²) in [5.41, 5.74) is 1.28. The third-order valence-corrected chi connectivity index (χ3v) is 3.84. The topological polar surface area (TPSA) is 9.23 Å². The molecule has 0 aromatic heterocycles. The summed E-state index contributed by atoms with van der Waals surface area (Å²) < 4.78 is 5.72. The van der Waals surface area contributed by atoms with Gasteiger partial charge in [0.05, 0.1) is 6.61 Å². The third-order valence-electron chi connectivity index (χ3n) is 3.84. The first-order chi connectivity index (χ1) is 7.90. The second-order valence-corrected chi connectivity index (χ2v) is 4.83. The van der Waals surface area contributed by atoms with Crippen LogP contribution >= 0.6 is 0 Å². The van der Waals surface area contributed by atoms with Crippen LogP contribution in [-0.2, 0) is 11.3 Å². The Balaban J connectivity index is 1.59. The van der Waals surface area contributed by atoms with Crippen LogP contribution in [0.15, 0.2) is 30.3 Å². The van der Waals surface area contributed by atoms with Gasteiger partial charge in [-0.1, -0.05) is 43.7 Å². The lowest BCUT2D eigenvalue weighted by Gasteiger charge is -2.36. The summed E-state index contributed by atoms with van der Waals surface area (Å²) in [4.78, 5) is 0. The van der Waals surface area contributed by atoms with E-state index in [1.54, 1.807) is 0 Å². The van der Waals surface area contributed by atoms with E-state index in [-0.39, 0.29) is 0 Å². The third kappa shape index (κ3) is 3.08. The quantitative estimate of drug-likeness (QED) is 0.655. The molecule has 1 saturated carbocycles. The van der Waals surface area contributed by atoms with Crippen molar-refractivity contribution >= 4 is 0 Å². The largest absolute Gasteiger partial charge is 0.377 e. The first-order valence-electron chi connectivity index (χ1n) is 6.52. The molecule has 2 rings (SSSR count). The summed E-state index contributed by atoms with van der Waals surface area (Å²) in [6, 6.07) is 10.4.